The Hall–Kier alpha value is -0.680. The van der Waals surface area contributed by atoms with Crippen molar-refractivity contribution in [2.75, 3.05) is 23.3 Å². The van der Waals surface area contributed by atoms with Gasteiger partial charge in [-0.15, -0.1) is 0 Å². The van der Waals surface area contributed by atoms with Crippen molar-refractivity contribution in [2.24, 2.45) is 0 Å². The number of hydrogen-bond acceptors (Lipinski definition) is 3. The predicted octanol–water partition coefficient (Wildman–Crippen LogP) is 4.39. The highest BCUT2D eigenvalue weighted by molar-refractivity contribution is 9.10. The van der Waals surface area contributed by atoms with Crippen LogP contribution in [0.4, 0.5) is 5.69 Å². The molecule has 0 aliphatic rings. The molecule has 0 bridgehead atoms. The summed E-state index contributed by atoms with van der Waals surface area (Å²) in [7, 11) is 0. The molecule has 0 fully saturated rings. The zero-order valence-corrected chi connectivity index (χ0v) is 14.1. The standard InChI is InChI=1S/C14H17Br2N3/c1-2-3-7-19(8-5-15)13-4-6-17-12-9-11(16)10-18-14(12)13/h4,6,9-10H,2-3,5,7-8H2,1H3. The van der Waals surface area contributed by atoms with Crippen LogP contribution in [0.15, 0.2) is 29.0 Å². The second-order valence-electron chi connectivity index (χ2n) is 4.38. The van der Waals surface area contributed by atoms with Gasteiger partial charge in [0, 0.05) is 35.3 Å². The largest absolute Gasteiger partial charge is 0.369 e. The van der Waals surface area contributed by atoms with Crippen LogP contribution in [0.3, 0.4) is 0 Å². The molecule has 0 aliphatic carbocycles. The smallest absolute Gasteiger partial charge is 0.112 e. The molecule has 0 atom stereocenters. The van der Waals surface area contributed by atoms with E-state index < -0.39 is 0 Å². The van der Waals surface area contributed by atoms with Crippen molar-refractivity contribution < 1.29 is 0 Å². The van der Waals surface area contributed by atoms with Crippen LogP contribution in [0.25, 0.3) is 11.0 Å². The van der Waals surface area contributed by atoms with Crippen molar-refractivity contribution in [3.63, 3.8) is 0 Å². The SMILES string of the molecule is CCCCN(CCBr)c1ccnc2cc(Br)cnc12. The Morgan fingerprint density at radius 2 is 2.11 bits per heavy atom. The lowest BCUT2D eigenvalue weighted by Gasteiger charge is -2.24. The fraction of sp³-hybridized carbons (Fsp3) is 0.429. The first-order chi connectivity index (χ1) is 9.26. The van der Waals surface area contributed by atoms with E-state index in [1.54, 1.807) is 0 Å². The van der Waals surface area contributed by atoms with Crippen molar-refractivity contribution >= 4 is 48.6 Å². The summed E-state index contributed by atoms with van der Waals surface area (Å²) < 4.78 is 0.963. The van der Waals surface area contributed by atoms with Gasteiger partial charge in [0.15, 0.2) is 0 Å². The molecule has 2 aromatic rings. The maximum absolute atomic E-state index is 4.53. The van der Waals surface area contributed by atoms with Gasteiger partial charge in [0.05, 0.1) is 11.2 Å². The van der Waals surface area contributed by atoms with E-state index in [1.807, 2.05) is 18.5 Å². The van der Waals surface area contributed by atoms with Crippen LogP contribution >= 0.6 is 31.9 Å². The summed E-state index contributed by atoms with van der Waals surface area (Å²) in [6.07, 6.45) is 6.08. The number of unbranched alkanes of at least 4 members (excludes halogenated alkanes) is 1. The molecular weight excluding hydrogens is 370 g/mol. The topological polar surface area (TPSA) is 29.0 Å². The monoisotopic (exact) mass is 385 g/mol. The van der Waals surface area contributed by atoms with Gasteiger partial charge in [-0.3, -0.25) is 9.97 Å². The Bertz CT molecular complexity index is 545. The first-order valence-electron chi connectivity index (χ1n) is 6.47. The number of anilines is 1. The van der Waals surface area contributed by atoms with E-state index in [-0.39, 0.29) is 0 Å². The van der Waals surface area contributed by atoms with Crippen LogP contribution < -0.4 is 4.90 Å². The highest BCUT2D eigenvalue weighted by atomic mass is 79.9. The van der Waals surface area contributed by atoms with E-state index >= 15 is 0 Å². The van der Waals surface area contributed by atoms with Gasteiger partial charge >= 0.3 is 0 Å². The molecule has 3 nitrogen and oxygen atoms in total. The van der Waals surface area contributed by atoms with Gasteiger partial charge in [-0.2, -0.15) is 0 Å². The molecule has 0 N–H and O–H groups in total. The number of aromatic nitrogens is 2. The van der Waals surface area contributed by atoms with Crippen molar-refractivity contribution in [3.8, 4) is 0 Å². The minimum atomic E-state index is 0.933. The summed E-state index contributed by atoms with van der Waals surface area (Å²) in [5, 5.41) is 0.955. The molecular formula is C14H17Br2N3. The Kier molecular flexibility index (Phi) is 5.58. The van der Waals surface area contributed by atoms with Crippen LogP contribution in [0.5, 0.6) is 0 Å². The molecule has 2 heterocycles. The van der Waals surface area contributed by atoms with E-state index in [1.165, 1.54) is 18.5 Å². The van der Waals surface area contributed by atoms with Crippen molar-refractivity contribution in [3.05, 3.63) is 29.0 Å². The van der Waals surface area contributed by atoms with Crippen LogP contribution in [0.1, 0.15) is 19.8 Å². The molecule has 0 spiro atoms. The van der Waals surface area contributed by atoms with Crippen molar-refractivity contribution in [1.82, 2.24) is 9.97 Å². The molecule has 2 rings (SSSR count). The van der Waals surface area contributed by atoms with Gasteiger partial charge in [-0.05, 0) is 34.5 Å². The molecule has 0 unspecified atom stereocenters. The first kappa shape index (κ1) is 14.7. The molecule has 2 aromatic heterocycles. The van der Waals surface area contributed by atoms with Crippen LogP contribution in [-0.4, -0.2) is 28.4 Å². The number of rotatable bonds is 6. The molecule has 0 saturated heterocycles. The number of fused-ring (bicyclic) bond motifs is 1. The van der Waals surface area contributed by atoms with Crippen LogP contribution in [-0.2, 0) is 0 Å². The third-order valence-electron chi connectivity index (χ3n) is 3.00. The molecule has 102 valence electrons. The summed E-state index contributed by atoms with van der Waals surface area (Å²) >= 11 is 6.97. The van der Waals surface area contributed by atoms with E-state index in [9.17, 15) is 0 Å². The fourth-order valence-electron chi connectivity index (χ4n) is 2.05. The van der Waals surface area contributed by atoms with Gasteiger partial charge in [0.25, 0.3) is 0 Å². The summed E-state index contributed by atoms with van der Waals surface area (Å²) in [5.74, 6) is 0. The highest BCUT2D eigenvalue weighted by Crippen LogP contribution is 2.25. The number of nitrogens with zero attached hydrogens (tertiary/aromatic N) is 3. The third-order valence-corrected chi connectivity index (χ3v) is 3.79. The fourth-order valence-corrected chi connectivity index (χ4v) is 2.80. The number of hydrogen-bond donors (Lipinski definition) is 0. The number of halogens is 2. The third kappa shape index (κ3) is 3.66. The van der Waals surface area contributed by atoms with E-state index in [2.05, 4.69) is 59.7 Å². The summed E-state index contributed by atoms with van der Waals surface area (Å²) in [6.45, 7) is 4.25. The first-order valence-corrected chi connectivity index (χ1v) is 8.39. The average Bonchev–Trinajstić information content (AvgIpc) is 2.42. The summed E-state index contributed by atoms with van der Waals surface area (Å²) in [5.41, 5.74) is 3.08. The van der Waals surface area contributed by atoms with Crippen molar-refractivity contribution in [2.45, 2.75) is 19.8 Å². The lowest BCUT2D eigenvalue weighted by Crippen LogP contribution is -2.26. The molecule has 0 radical (unpaired) electrons. The molecule has 0 amide bonds. The Balaban J connectivity index is 2.40. The van der Waals surface area contributed by atoms with E-state index in [0.717, 1.165) is 33.9 Å². The lowest BCUT2D eigenvalue weighted by atomic mass is 10.2. The minimum absolute atomic E-state index is 0.933. The molecule has 0 aliphatic heterocycles. The van der Waals surface area contributed by atoms with Gasteiger partial charge in [0.1, 0.15) is 5.52 Å². The van der Waals surface area contributed by atoms with Gasteiger partial charge in [0.2, 0.25) is 0 Å². The zero-order valence-electron chi connectivity index (χ0n) is 10.9. The number of pyridine rings is 2. The van der Waals surface area contributed by atoms with E-state index in [0.29, 0.717) is 0 Å². The van der Waals surface area contributed by atoms with E-state index in [4.69, 9.17) is 0 Å². The Morgan fingerprint density at radius 1 is 1.26 bits per heavy atom. The van der Waals surface area contributed by atoms with Crippen LogP contribution in [0.2, 0.25) is 0 Å². The average molecular weight is 387 g/mol. The Labute approximate surface area is 130 Å². The molecule has 5 heteroatoms. The zero-order chi connectivity index (χ0) is 13.7. The summed E-state index contributed by atoms with van der Waals surface area (Å²) in [6, 6.07) is 4.07. The maximum atomic E-state index is 4.53. The van der Waals surface area contributed by atoms with Gasteiger partial charge in [-0.25, -0.2) is 0 Å². The highest BCUT2D eigenvalue weighted by Gasteiger charge is 2.11. The van der Waals surface area contributed by atoms with Crippen molar-refractivity contribution in [1.29, 1.82) is 0 Å². The Morgan fingerprint density at radius 3 is 2.84 bits per heavy atom. The minimum Gasteiger partial charge on any atom is -0.369 e. The quantitative estimate of drug-likeness (QED) is 0.689. The molecule has 0 aromatic carbocycles. The van der Waals surface area contributed by atoms with Crippen LogP contribution in [0, 0.1) is 0 Å². The van der Waals surface area contributed by atoms with Gasteiger partial charge < -0.3 is 4.90 Å². The normalized spacial score (nSPS) is 10.9. The summed E-state index contributed by atoms with van der Waals surface area (Å²) in [4.78, 5) is 11.3. The lowest BCUT2D eigenvalue weighted by molar-refractivity contribution is 0.736. The second kappa shape index (κ2) is 7.20. The van der Waals surface area contributed by atoms with Gasteiger partial charge in [-0.1, -0.05) is 29.3 Å². The number of alkyl halides is 1. The second-order valence-corrected chi connectivity index (χ2v) is 6.09. The molecule has 0 saturated carbocycles. The molecule has 19 heavy (non-hydrogen) atoms. The maximum Gasteiger partial charge on any atom is 0.112 e. The predicted molar refractivity (Wildman–Crippen MR) is 88.2 cm³/mol.